The van der Waals surface area contributed by atoms with Gasteiger partial charge in [0.2, 0.25) is 0 Å². The number of anilines is 5. The largest absolute Gasteiger partial charge is 0.376 e. The molecule has 0 bridgehead atoms. The number of para-hydroxylation sites is 2. The van der Waals surface area contributed by atoms with E-state index < -0.39 is 0 Å². The Bertz CT molecular complexity index is 2300. The Morgan fingerprint density at radius 3 is 1.67 bits per heavy atom. The molecule has 0 amide bonds. The van der Waals surface area contributed by atoms with E-state index >= 15 is 0 Å². The molecule has 2 nitrogen and oxygen atoms in total. The lowest BCUT2D eigenvalue weighted by Crippen LogP contribution is -2.63. The van der Waals surface area contributed by atoms with Gasteiger partial charge in [0.25, 0.3) is 0 Å². The molecule has 3 aliphatic heterocycles. The molecule has 0 N–H and O–H groups in total. The summed E-state index contributed by atoms with van der Waals surface area (Å²) in [6.07, 6.45) is 6.73. The average molecular weight is 607 g/mol. The van der Waals surface area contributed by atoms with Crippen molar-refractivity contribution in [3.05, 3.63) is 127 Å². The summed E-state index contributed by atoms with van der Waals surface area (Å²) in [5, 5.41) is 2.79. The van der Waals surface area contributed by atoms with E-state index in [1.807, 2.05) is 11.3 Å². The molecule has 11 rings (SSSR count). The summed E-state index contributed by atoms with van der Waals surface area (Å²) >= 11 is 2.02. The molecule has 46 heavy (non-hydrogen) atoms. The molecule has 1 aliphatic carbocycles. The van der Waals surface area contributed by atoms with Crippen molar-refractivity contribution in [3.8, 4) is 22.3 Å². The van der Waals surface area contributed by atoms with Crippen LogP contribution in [0.2, 0.25) is 0 Å². The molecular weight excluding hydrogens is 575 g/mol. The van der Waals surface area contributed by atoms with Crippen molar-refractivity contribution < 1.29 is 0 Å². The summed E-state index contributed by atoms with van der Waals surface area (Å²) in [6.45, 7) is 0.123. The van der Waals surface area contributed by atoms with Gasteiger partial charge < -0.3 is 9.71 Å². The fourth-order valence-electron chi connectivity index (χ4n) is 9.30. The maximum absolute atomic E-state index is 2.62. The predicted octanol–water partition coefficient (Wildman–Crippen LogP) is 10.8. The summed E-state index contributed by atoms with van der Waals surface area (Å²) in [7, 11) is 0. The van der Waals surface area contributed by atoms with E-state index in [0.717, 1.165) is 0 Å². The Morgan fingerprint density at radius 1 is 0.478 bits per heavy atom. The van der Waals surface area contributed by atoms with Crippen molar-refractivity contribution >= 4 is 77.7 Å². The number of fused-ring (bicyclic) bond motifs is 9. The van der Waals surface area contributed by atoms with Gasteiger partial charge in [-0.3, -0.25) is 0 Å². The molecule has 0 unspecified atom stereocenters. The van der Waals surface area contributed by atoms with E-state index in [0.29, 0.717) is 5.92 Å². The van der Waals surface area contributed by atoms with Crippen molar-refractivity contribution in [2.45, 2.75) is 38.0 Å². The first-order valence-electron chi connectivity index (χ1n) is 16.8. The van der Waals surface area contributed by atoms with Crippen molar-refractivity contribution in [2.75, 3.05) is 9.71 Å². The molecule has 0 radical (unpaired) electrons. The second kappa shape index (κ2) is 9.37. The number of hydrogen-bond acceptors (Lipinski definition) is 3. The van der Waals surface area contributed by atoms with Gasteiger partial charge >= 0.3 is 6.85 Å². The van der Waals surface area contributed by atoms with Gasteiger partial charge in [-0.1, -0.05) is 110 Å². The maximum Gasteiger partial charge on any atom is 0.333 e. The Kier molecular flexibility index (Phi) is 5.18. The summed E-state index contributed by atoms with van der Waals surface area (Å²) in [5.74, 6) is 0.679. The monoisotopic (exact) mass is 606 g/mol. The highest BCUT2D eigenvalue weighted by Crippen LogP contribution is 2.53. The topological polar surface area (TPSA) is 6.48 Å². The van der Waals surface area contributed by atoms with Crippen LogP contribution in [0.15, 0.2) is 121 Å². The normalized spacial score (nSPS) is 16.0. The van der Waals surface area contributed by atoms with Crippen LogP contribution in [0.3, 0.4) is 0 Å². The van der Waals surface area contributed by atoms with Gasteiger partial charge in [0.05, 0.1) is 10.4 Å². The zero-order valence-corrected chi connectivity index (χ0v) is 26.4. The first-order valence-corrected chi connectivity index (χ1v) is 17.7. The summed E-state index contributed by atoms with van der Waals surface area (Å²) in [6, 6.07) is 46.0. The fraction of sp³-hybridized carbons (Fsp3) is 0.143. The van der Waals surface area contributed by atoms with E-state index in [1.165, 1.54) is 114 Å². The second-order valence-corrected chi connectivity index (χ2v) is 14.5. The average Bonchev–Trinajstić information content (AvgIpc) is 3.52. The van der Waals surface area contributed by atoms with Crippen molar-refractivity contribution in [1.82, 2.24) is 0 Å². The van der Waals surface area contributed by atoms with Crippen LogP contribution in [0.25, 0.3) is 42.4 Å². The Hall–Kier alpha value is -4.80. The van der Waals surface area contributed by atoms with Crippen LogP contribution in [0.1, 0.15) is 43.6 Å². The lowest BCUT2D eigenvalue weighted by Gasteiger charge is -2.49. The van der Waals surface area contributed by atoms with Gasteiger partial charge in [-0.05, 0) is 76.7 Å². The highest BCUT2D eigenvalue weighted by atomic mass is 32.1. The van der Waals surface area contributed by atoms with Crippen LogP contribution in [-0.2, 0) is 0 Å². The fourth-order valence-corrected chi connectivity index (χ4v) is 10.7. The minimum atomic E-state index is 0.123. The molecule has 1 fully saturated rings. The Balaban J connectivity index is 1.23. The molecular formula is C42H31BN2S. The van der Waals surface area contributed by atoms with Crippen molar-refractivity contribution in [3.63, 3.8) is 0 Å². The van der Waals surface area contributed by atoms with Crippen molar-refractivity contribution in [2.24, 2.45) is 0 Å². The minimum absolute atomic E-state index is 0.123. The number of nitrogens with zero attached hydrogens (tertiary/aromatic N) is 2. The Morgan fingerprint density at radius 2 is 1.00 bits per heavy atom. The highest BCUT2D eigenvalue weighted by Gasteiger charge is 2.48. The van der Waals surface area contributed by atoms with E-state index in [-0.39, 0.29) is 6.85 Å². The van der Waals surface area contributed by atoms with Crippen LogP contribution in [0, 0.1) is 0 Å². The molecule has 4 heteroatoms. The number of rotatable bonds is 2. The number of benzene rings is 6. The van der Waals surface area contributed by atoms with E-state index in [9.17, 15) is 0 Å². The SMILES string of the molecule is c1ccc2c(c1)-c1cccc3c1B1c4c(cccc4N3c3cccc4c3sc3c(C5CCCCC5)cccc34)-c3ccccc3N12. The van der Waals surface area contributed by atoms with E-state index in [1.54, 1.807) is 5.56 Å². The second-order valence-electron chi connectivity index (χ2n) is 13.4. The van der Waals surface area contributed by atoms with E-state index in [2.05, 4.69) is 131 Å². The zero-order chi connectivity index (χ0) is 29.9. The first kappa shape index (κ1) is 25.4. The van der Waals surface area contributed by atoms with Crippen LogP contribution >= 0.6 is 11.3 Å². The number of hydrogen-bond donors (Lipinski definition) is 0. The lowest BCUT2D eigenvalue weighted by molar-refractivity contribution is 0.446. The van der Waals surface area contributed by atoms with Gasteiger partial charge in [-0.2, -0.15) is 0 Å². The van der Waals surface area contributed by atoms with Gasteiger partial charge in [-0.15, -0.1) is 11.3 Å². The quantitative estimate of drug-likeness (QED) is 0.181. The molecule has 0 saturated heterocycles. The minimum Gasteiger partial charge on any atom is -0.376 e. The van der Waals surface area contributed by atoms with Gasteiger partial charge in [0, 0.05) is 49.3 Å². The molecule has 0 spiro atoms. The molecule has 4 aliphatic rings. The first-order chi connectivity index (χ1) is 22.9. The third-order valence-corrected chi connectivity index (χ3v) is 12.5. The molecule has 7 aromatic rings. The highest BCUT2D eigenvalue weighted by molar-refractivity contribution is 7.26. The lowest BCUT2D eigenvalue weighted by atomic mass is 9.41. The standard InChI is InChI=1S/C42H31BN2S/c1-2-12-26(13-3-1)27-16-8-19-32-33-20-11-25-38(42(33)46-41(27)32)44-36-23-9-17-30-28-14-4-6-21-34(28)45-35-22-7-5-15-29(35)31-18-10-24-37(44)40(31)43(45)39(30)36/h4-11,14-26H,1-3,12-13H2. The smallest absolute Gasteiger partial charge is 0.333 e. The van der Waals surface area contributed by atoms with Gasteiger partial charge in [0.15, 0.2) is 0 Å². The summed E-state index contributed by atoms with van der Waals surface area (Å²) in [4.78, 5) is 5.22. The molecule has 6 aromatic carbocycles. The van der Waals surface area contributed by atoms with Crippen LogP contribution < -0.4 is 20.6 Å². The zero-order valence-electron chi connectivity index (χ0n) is 25.5. The molecule has 0 atom stereocenters. The van der Waals surface area contributed by atoms with Crippen LogP contribution in [0.4, 0.5) is 28.4 Å². The van der Waals surface area contributed by atoms with Crippen LogP contribution in [0.5, 0.6) is 0 Å². The predicted molar refractivity (Wildman–Crippen MR) is 198 cm³/mol. The summed E-state index contributed by atoms with van der Waals surface area (Å²) < 4.78 is 2.88. The third-order valence-electron chi connectivity index (χ3n) is 11.2. The molecule has 1 saturated carbocycles. The molecule has 4 heterocycles. The van der Waals surface area contributed by atoms with Crippen molar-refractivity contribution in [1.29, 1.82) is 0 Å². The molecule has 218 valence electrons. The number of thiophene rings is 1. The van der Waals surface area contributed by atoms with Gasteiger partial charge in [-0.25, -0.2) is 0 Å². The van der Waals surface area contributed by atoms with E-state index in [4.69, 9.17) is 0 Å². The Labute approximate surface area is 273 Å². The molecule has 1 aromatic heterocycles. The third kappa shape index (κ3) is 3.23. The van der Waals surface area contributed by atoms with Crippen LogP contribution in [-0.4, -0.2) is 6.85 Å². The summed E-state index contributed by atoms with van der Waals surface area (Å²) in [5.41, 5.74) is 16.2. The maximum atomic E-state index is 2.62. The van der Waals surface area contributed by atoms with Gasteiger partial charge in [0.1, 0.15) is 0 Å².